The first-order valence-corrected chi connectivity index (χ1v) is 12.5. The van der Waals surface area contributed by atoms with Crippen LogP contribution in [0.3, 0.4) is 0 Å². The number of aliphatic carboxylic acids is 1. The van der Waals surface area contributed by atoms with Gasteiger partial charge in [-0.25, -0.2) is 13.2 Å². The number of benzene rings is 1. The first-order chi connectivity index (χ1) is 15.4. The average molecular weight is 485 g/mol. The van der Waals surface area contributed by atoms with Crippen molar-refractivity contribution in [2.75, 3.05) is 37.8 Å². The van der Waals surface area contributed by atoms with Crippen molar-refractivity contribution in [3.05, 3.63) is 35.9 Å². The van der Waals surface area contributed by atoms with E-state index in [1.54, 1.807) is 51.1 Å². The predicted octanol–water partition coefficient (Wildman–Crippen LogP) is 1.10. The number of nitrogens with zero attached hydrogens (tertiary/aromatic N) is 1. The first-order valence-electron chi connectivity index (χ1n) is 10.7. The highest BCUT2D eigenvalue weighted by Crippen LogP contribution is 2.15. The Morgan fingerprint density at radius 3 is 2.27 bits per heavy atom. The minimum absolute atomic E-state index is 0.0248. The molecule has 1 aromatic carbocycles. The molecule has 1 fully saturated rings. The van der Waals surface area contributed by atoms with E-state index in [2.05, 4.69) is 5.32 Å². The van der Waals surface area contributed by atoms with Gasteiger partial charge in [-0.2, -0.15) is 0 Å². The number of rotatable bonds is 9. The highest BCUT2D eigenvalue weighted by molar-refractivity contribution is 7.91. The van der Waals surface area contributed by atoms with Gasteiger partial charge in [-0.05, 0) is 32.8 Å². The molecule has 1 saturated heterocycles. The molecule has 0 aromatic heterocycles. The Morgan fingerprint density at radius 2 is 1.73 bits per heavy atom. The standard InChI is InChI=1S/C22H32N2O8S/c1-22(2,3)32-21(28)23-18(19(25)24-9-11-31-12-10-24)15-33(29,30)14-17(20(26)27)13-16-7-5-4-6-8-16/h4-8,17-18H,9-15H2,1-3H3,(H,23,28)(H,26,27)/t17-,18+/m1/s1. The lowest BCUT2D eigenvalue weighted by Gasteiger charge is -2.31. The smallest absolute Gasteiger partial charge is 0.408 e. The van der Waals surface area contributed by atoms with Gasteiger partial charge in [0, 0.05) is 13.1 Å². The van der Waals surface area contributed by atoms with E-state index < -0.39 is 56.9 Å². The van der Waals surface area contributed by atoms with Crippen molar-refractivity contribution in [3.8, 4) is 0 Å². The van der Waals surface area contributed by atoms with Gasteiger partial charge >= 0.3 is 12.1 Å². The Labute approximate surface area is 194 Å². The maximum atomic E-state index is 13.0. The fraction of sp³-hybridized carbons (Fsp3) is 0.591. The molecule has 1 aliphatic rings. The van der Waals surface area contributed by atoms with E-state index in [-0.39, 0.29) is 19.5 Å². The Bertz CT molecular complexity index is 921. The summed E-state index contributed by atoms with van der Waals surface area (Å²) in [5.41, 5.74) is -0.160. The third kappa shape index (κ3) is 9.39. The van der Waals surface area contributed by atoms with Gasteiger partial charge in [0.25, 0.3) is 0 Å². The van der Waals surface area contributed by atoms with Gasteiger partial charge in [0.15, 0.2) is 9.84 Å². The second-order valence-corrected chi connectivity index (χ2v) is 11.1. The molecule has 0 radical (unpaired) electrons. The van der Waals surface area contributed by atoms with E-state index in [9.17, 15) is 27.9 Å². The molecule has 33 heavy (non-hydrogen) atoms. The van der Waals surface area contributed by atoms with Crippen LogP contribution in [0.2, 0.25) is 0 Å². The molecule has 0 unspecified atom stereocenters. The topological polar surface area (TPSA) is 139 Å². The zero-order chi connectivity index (χ0) is 24.6. The summed E-state index contributed by atoms with van der Waals surface area (Å²) in [5.74, 6) is -4.43. The van der Waals surface area contributed by atoms with Crippen molar-refractivity contribution in [1.29, 1.82) is 0 Å². The minimum Gasteiger partial charge on any atom is -0.481 e. The van der Waals surface area contributed by atoms with E-state index >= 15 is 0 Å². The second kappa shape index (κ2) is 11.5. The molecule has 0 spiro atoms. The summed E-state index contributed by atoms with van der Waals surface area (Å²) in [6.45, 7) is 6.05. The number of amides is 2. The number of morpholine rings is 1. The predicted molar refractivity (Wildman–Crippen MR) is 120 cm³/mol. The molecule has 184 valence electrons. The monoisotopic (exact) mass is 484 g/mol. The summed E-state index contributed by atoms with van der Waals surface area (Å²) in [6, 6.07) is 7.29. The Balaban J connectivity index is 2.17. The van der Waals surface area contributed by atoms with Crippen molar-refractivity contribution in [2.24, 2.45) is 5.92 Å². The zero-order valence-electron chi connectivity index (χ0n) is 19.2. The maximum Gasteiger partial charge on any atom is 0.408 e. The van der Waals surface area contributed by atoms with Gasteiger partial charge in [0.2, 0.25) is 5.91 Å². The normalized spacial score (nSPS) is 16.5. The van der Waals surface area contributed by atoms with Crippen molar-refractivity contribution < 1.29 is 37.4 Å². The molecule has 2 rings (SSSR count). The molecule has 11 heteroatoms. The SMILES string of the molecule is CC(C)(C)OC(=O)N[C@@H](CS(=O)(=O)C[C@@H](Cc1ccccc1)C(=O)O)C(=O)N1CCOCC1. The van der Waals surface area contributed by atoms with Crippen LogP contribution in [0.4, 0.5) is 4.79 Å². The lowest BCUT2D eigenvalue weighted by atomic mass is 10.0. The average Bonchev–Trinajstić information content (AvgIpc) is 2.72. The third-order valence-electron chi connectivity index (χ3n) is 4.86. The number of carbonyl (C=O) groups is 3. The van der Waals surface area contributed by atoms with Crippen LogP contribution in [0.5, 0.6) is 0 Å². The van der Waals surface area contributed by atoms with Gasteiger partial charge in [-0.15, -0.1) is 0 Å². The van der Waals surface area contributed by atoms with E-state index in [1.165, 1.54) is 4.90 Å². The number of carboxylic acids is 1. The second-order valence-electron chi connectivity index (χ2n) is 8.94. The third-order valence-corrected chi connectivity index (χ3v) is 6.61. The molecular formula is C22H32N2O8S. The number of hydrogen-bond acceptors (Lipinski definition) is 7. The van der Waals surface area contributed by atoms with Gasteiger partial charge < -0.3 is 24.8 Å². The molecule has 2 amide bonds. The molecule has 2 atom stereocenters. The molecule has 1 heterocycles. The lowest BCUT2D eigenvalue weighted by Crippen LogP contribution is -2.55. The molecule has 1 aromatic rings. The highest BCUT2D eigenvalue weighted by Gasteiger charge is 2.35. The van der Waals surface area contributed by atoms with E-state index in [0.29, 0.717) is 18.8 Å². The van der Waals surface area contributed by atoms with Crippen molar-refractivity contribution in [3.63, 3.8) is 0 Å². The van der Waals surface area contributed by atoms with Gasteiger partial charge in [-0.3, -0.25) is 9.59 Å². The summed E-state index contributed by atoms with van der Waals surface area (Å²) in [6.07, 6.45) is -0.903. The molecule has 1 aliphatic heterocycles. The number of nitrogens with one attached hydrogen (secondary N) is 1. The molecule has 0 aliphatic carbocycles. The van der Waals surface area contributed by atoms with Crippen molar-refractivity contribution in [2.45, 2.75) is 38.8 Å². The number of ether oxygens (including phenoxy) is 2. The summed E-state index contributed by atoms with van der Waals surface area (Å²) >= 11 is 0. The van der Waals surface area contributed by atoms with Crippen LogP contribution < -0.4 is 5.32 Å². The first kappa shape index (κ1) is 26.6. The fourth-order valence-electron chi connectivity index (χ4n) is 3.37. The minimum atomic E-state index is -4.05. The molecule has 2 N–H and O–H groups in total. The van der Waals surface area contributed by atoms with Crippen LogP contribution in [-0.4, -0.2) is 85.8 Å². The van der Waals surface area contributed by atoms with Crippen LogP contribution >= 0.6 is 0 Å². The summed E-state index contributed by atoms with van der Waals surface area (Å²) in [4.78, 5) is 38.5. The lowest BCUT2D eigenvalue weighted by molar-refractivity contribution is -0.141. The zero-order valence-corrected chi connectivity index (χ0v) is 20.0. The number of carbonyl (C=O) groups excluding carboxylic acids is 2. The van der Waals surface area contributed by atoms with E-state index in [1.807, 2.05) is 0 Å². The fourth-order valence-corrected chi connectivity index (χ4v) is 5.12. The highest BCUT2D eigenvalue weighted by atomic mass is 32.2. The van der Waals surface area contributed by atoms with Crippen molar-refractivity contribution in [1.82, 2.24) is 10.2 Å². The molecule has 10 nitrogen and oxygen atoms in total. The van der Waals surface area contributed by atoms with E-state index in [0.717, 1.165) is 0 Å². The van der Waals surface area contributed by atoms with Gasteiger partial charge in [0.05, 0.1) is 30.6 Å². The van der Waals surface area contributed by atoms with Crippen LogP contribution in [0.25, 0.3) is 0 Å². The number of hydrogen-bond donors (Lipinski definition) is 2. The Hall–Kier alpha value is -2.66. The number of carboxylic acid groups (broad SMARTS) is 1. The summed E-state index contributed by atoms with van der Waals surface area (Å²) < 4.78 is 36.3. The van der Waals surface area contributed by atoms with Crippen LogP contribution in [0.15, 0.2) is 30.3 Å². The van der Waals surface area contributed by atoms with Crippen LogP contribution in [0, 0.1) is 5.92 Å². The molecule has 0 bridgehead atoms. The molecule has 0 saturated carbocycles. The Morgan fingerprint density at radius 1 is 1.12 bits per heavy atom. The summed E-state index contributed by atoms with van der Waals surface area (Å²) in [7, 11) is -4.05. The Kier molecular flexibility index (Phi) is 9.24. The maximum absolute atomic E-state index is 13.0. The van der Waals surface area contributed by atoms with Crippen molar-refractivity contribution >= 4 is 27.8 Å². The number of sulfone groups is 1. The van der Waals surface area contributed by atoms with E-state index in [4.69, 9.17) is 9.47 Å². The summed E-state index contributed by atoms with van der Waals surface area (Å²) in [5, 5.41) is 11.9. The quantitative estimate of drug-likeness (QED) is 0.531. The number of alkyl carbamates (subject to hydrolysis) is 1. The van der Waals surface area contributed by atoms with Crippen LogP contribution in [0.1, 0.15) is 26.3 Å². The van der Waals surface area contributed by atoms with Gasteiger partial charge in [0.1, 0.15) is 11.6 Å². The van der Waals surface area contributed by atoms with Crippen LogP contribution in [-0.2, 0) is 35.3 Å². The molecular weight excluding hydrogens is 452 g/mol. The largest absolute Gasteiger partial charge is 0.481 e. The van der Waals surface area contributed by atoms with Gasteiger partial charge in [-0.1, -0.05) is 30.3 Å².